The lowest BCUT2D eigenvalue weighted by Crippen LogP contribution is -2.33. The molecular weight excluding hydrogens is 299 g/mol. The van der Waals surface area contributed by atoms with Gasteiger partial charge in [0, 0.05) is 39.1 Å². The molecule has 6 heteroatoms. The number of nitrogens with zero attached hydrogens (tertiary/aromatic N) is 1. The van der Waals surface area contributed by atoms with Crippen molar-refractivity contribution in [2.24, 2.45) is 5.92 Å². The summed E-state index contributed by atoms with van der Waals surface area (Å²) in [5.41, 5.74) is 1.58. The maximum Gasteiger partial charge on any atom is 0.224 e. The summed E-state index contributed by atoms with van der Waals surface area (Å²) in [5.74, 6) is -0.269. The van der Waals surface area contributed by atoms with Crippen LogP contribution < -0.4 is 5.32 Å². The molecular formula is C17H23FN2O3. The normalized spacial score (nSPS) is 17.6. The van der Waals surface area contributed by atoms with Gasteiger partial charge in [0.05, 0.1) is 13.0 Å². The standard InChI is InChI=1S/C17H23FN2O3/c1-12-3-4-15(18)8-14(12)9-16(21)19-10-13-7-17(22)20(11-13)5-6-23-2/h3-4,8,13H,5-7,9-11H2,1-2H3,(H,19,21)/t13-/m0/s1. The number of amides is 2. The number of halogens is 1. The summed E-state index contributed by atoms with van der Waals surface area (Å²) in [6, 6.07) is 4.44. The van der Waals surface area contributed by atoms with E-state index >= 15 is 0 Å². The Bertz CT molecular complexity index is 577. The Morgan fingerprint density at radius 1 is 1.48 bits per heavy atom. The minimum Gasteiger partial charge on any atom is -0.383 e. The van der Waals surface area contributed by atoms with Crippen molar-refractivity contribution in [2.45, 2.75) is 19.8 Å². The molecule has 0 aliphatic carbocycles. The molecule has 1 aliphatic rings. The van der Waals surface area contributed by atoms with Crippen molar-refractivity contribution in [1.29, 1.82) is 0 Å². The van der Waals surface area contributed by atoms with E-state index in [-0.39, 0.29) is 30.0 Å². The van der Waals surface area contributed by atoms with Crippen LogP contribution >= 0.6 is 0 Å². The second-order valence-corrected chi connectivity index (χ2v) is 5.95. The van der Waals surface area contributed by atoms with E-state index in [9.17, 15) is 14.0 Å². The number of methoxy groups -OCH3 is 1. The van der Waals surface area contributed by atoms with Crippen LogP contribution in [-0.4, -0.2) is 50.1 Å². The number of aryl methyl sites for hydroxylation is 1. The predicted octanol–water partition coefficient (Wildman–Crippen LogP) is 1.29. The molecule has 0 unspecified atom stereocenters. The lowest BCUT2D eigenvalue weighted by Gasteiger charge is -2.16. The lowest BCUT2D eigenvalue weighted by atomic mass is 10.0. The minimum atomic E-state index is -0.339. The molecule has 1 heterocycles. The average molecular weight is 322 g/mol. The highest BCUT2D eigenvalue weighted by Gasteiger charge is 2.29. The number of carbonyl (C=O) groups is 2. The van der Waals surface area contributed by atoms with Gasteiger partial charge in [-0.3, -0.25) is 9.59 Å². The average Bonchev–Trinajstić information content (AvgIpc) is 2.87. The number of likely N-dealkylation sites (tertiary alicyclic amines) is 1. The number of hydrogen-bond acceptors (Lipinski definition) is 3. The molecule has 23 heavy (non-hydrogen) atoms. The third kappa shape index (κ3) is 5.03. The van der Waals surface area contributed by atoms with Gasteiger partial charge >= 0.3 is 0 Å². The number of benzene rings is 1. The van der Waals surface area contributed by atoms with E-state index in [0.29, 0.717) is 38.2 Å². The van der Waals surface area contributed by atoms with Crippen molar-refractivity contribution >= 4 is 11.8 Å². The quantitative estimate of drug-likeness (QED) is 0.823. The second-order valence-electron chi connectivity index (χ2n) is 5.95. The Balaban J connectivity index is 1.79. The molecule has 1 fully saturated rings. The summed E-state index contributed by atoms with van der Waals surface area (Å²) in [6.07, 6.45) is 0.598. The summed E-state index contributed by atoms with van der Waals surface area (Å²) in [7, 11) is 1.60. The van der Waals surface area contributed by atoms with E-state index in [0.717, 1.165) is 5.56 Å². The van der Waals surface area contributed by atoms with E-state index < -0.39 is 0 Å². The van der Waals surface area contributed by atoms with Crippen molar-refractivity contribution in [2.75, 3.05) is 33.4 Å². The van der Waals surface area contributed by atoms with Crippen molar-refractivity contribution in [3.63, 3.8) is 0 Å². The van der Waals surface area contributed by atoms with Crippen LogP contribution in [0.5, 0.6) is 0 Å². The van der Waals surface area contributed by atoms with Crippen LogP contribution in [0.4, 0.5) is 4.39 Å². The highest BCUT2D eigenvalue weighted by Crippen LogP contribution is 2.17. The largest absolute Gasteiger partial charge is 0.383 e. The molecule has 0 bridgehead atoms. The zero-order chi connectivity index (χ0) is 16.8. The van der Waals surface area contributed by atoms with Crippen molar-refractivity contribution in [3.05, 3.63) is 35.1 Å². The monoisotopic (exact) mass is 322 g/mol. The van der Waals surface area contributed by atoms with Crippen molar-refractivity contribution < 1.29 is 18.7 Å². The van der Waals surface area contributed by atoms with Crippen molar-refractivity contribution in [3.8, 4) is 0 Å². The number of carbonyl (C=O) groups excluding carboxylic acids is 2. The van der Waals surface area contributed by atoms with Gasteiger partial charge in [0.2, 0.25) is 11.8 Å². The summed E-state index contributed by atoms with van der Waals surface area (Å²) >= 11 is 0. The van der Waals surface area contributed by atoms with Gasteiger partial charge in [0.25, 0.3) is 0 Å². The molecule has 1 aliphatic heterocycles. The molecule has 1 saturated heterocycles. The molecule has 1 atom stereocenters. The molecule has 0 spiro atoms. The molecule has 1 aromatic carbocycles. The third-order valence-corrected chi connectivity index (χ3v) is 4.11. The number of hydrogen-bond donors (Lipinski definition) is 1. The third-order valence-electron chi connectivity index (χ3n) is 4.11. The number of nitrogens with one attached hydrogen (secondary N) is 1. The van der Waals surface area contributed by atoms with Crippen LogP contribution in [0.25, 0.3) is 0 Å². The zero-order valence-electron chi connectivity index (χ0n) is 13.6. The van der Waals surface area contributed by atoms with Gasteiger partial charge in [-0.25, -0.2) is 4.39 Å². The van der Waals surface area contributed by atoms with Crippen LogP contribution in [0.1, 0.15) is 17.5 Å². The molecule has 2 rings (SSSR count). The molecule has 1 N–H and O–H groups in total. The van der Waals surface area contributed by atoms with Gasteiger partial charge in [-0.15, -0.1) is 0 Å². The first kappa shape index (κ1) is 17.4. The van der Waals surface area contributed by atoms with E-state index in [4.69, 9.17) is 4.74 Å². The minimum absolute atomic E-state index is 0.0993. The first-order chi connectivity index (χ1) is 11.0. The second kappa shape index (κ2) is 8.06. The number of rotatable bonds is 7. The van der Waals surface area contributed by atoms with Gasteiger partial charge in [-0.2, -0.15) is 0 Å². The topological polar surface area (TPSA) is 58.6 Å². The zero-order valence-corrected chi connectivity index (χ0v) is 13.6. The molecule has 1 aromatic rings. The Hall–Kier alpha value is -1.95. The van der Waals surface area contributed by atoms with Gasteiger partial charge in [0.15, 0.2) is 0 Å². The lowest BCUT2D eigenvalue weighted by molar-refractivity contribution is -0.128. The van der Waals surface area contributed by atoms with Crippen LogP contribution in [0.3, 0.4) is 0 Å². The summed E-state index contributed by atoms with van der Waals surface area (Å²) < 4.78 is 18.2. The maximum atomic E-state index is 13.2. The van der Waals surface area contributed by atoms with E-state index in [1.54, 1.807) is 18.1 Å². The smallest absolute Gasteiger partial charge is 0.224 e. The van der Waals surface area contributed by atoms with Crippen LogP contribution in [-0.2, 0) is 20.7 Å². The van der Waals surface area contributed by atoms with Crippen LogP contribution in [0.15, 0.2) is 18.2 Å². The first-order valence-electron chi connectivity index (χ1n) is 7.78. The Morgan fingerprint density at radius 2 is 2.26 bits per heavy atom. The highest BCUT2D eigenvalue weighted by atomic mass is 19.1. The first-order valence-corrected chi connectivity index (χ1v) is 7.78. The van der Waals surface area contributed by atoms with Crippen molar-refractivity contribution in [1.82, 2.24) is 10.2 Å². The fourth-order valence-electron chi connectivity index (χ4n) is 2.73. The SMILES string of the molecule is COCCN1C[C@H](CNC(=O)Cc2cc(F)ccc2C)CC1=O. The van der Waals surface area contributed by atoms with Crippen LogP contribution in [0.2, 0.25) is 0 Å². The molecule has 5 nitrogen and oxygen atoms in total. The highest BCUT2D eigenvalue weighted by molar-refractivity contribution is 5.80. The summed E-state index contributed by atoms with van der Waals surface area (Å²) in [6.45, 7) is 4.06. The van der Waals surface area contributed by atoms with E-state index in [2.05, 4.69) is 5.32 Å². The summed E-state index contributed by atoms with van der Waals surface area (Å²) in [4.78, 5) is 25.6. The molecule has 126 valence electrons. The predicted molar refractivity (Wildman–Crippen MR) is 84.4 cm³/mol. The fraction of sp³-hybridized carbons (Fsp3) is 0.529. The fourth-order valence-corrected chi connectivity index (χ4v) is 2.73. The molecule has 0 saturated carbocycles. The molecule has 0 aromatic heterocycles. The van der Waals surface area contributed by atoms with Gasteiger partial charge in [-0.05, 0) is 30.2 Å². The summed E-state index contributed by atoms with van der Waals surface area (Å²) in [5, 5.41) is 2.85. The maximum absolute atomic E-state index is 13.2. The Labute approximate surface area is 135 Å². The Morgan fingerprint density at radius 3 is 3.00 bits per heavy atom. The van der Waals surface area contributed by atoms with Gasteiger partial charge in [0.1, 0.15) is 5.82 Å². The van der Waals surface area contributed by atoms with E-state index in [1.165, 1.54) is 12.1 Å². The Kier molecular flexibility index (Phi) is 6.10. The number of ether oxygens (including phenoxy) is 1. The molecule has 0 radical (unpaired) electrons. The van der Waals surface area contributed by atoms with E-state index in [1.807, 2.05) is 6.92 Å². The van der Waals surface area contributed by atoms with Gasteiger partial charge < -0.3 is 15.0 Å². The molecule has 2 amide bonds. The van der Waals surface area contributed by atoms with Crippen LogP contribution in [0, 0.1) is 18.7 Å². The van der Waals surface area contributed by atoms with Gasteiger partial charge in [-0.1, -0.05) is 6.07 Å².